The maximum absolute atomic E-state index is 12.9. The van der Waals surface area contributed by atoms with Gasteiger partial charge in [0.1, 0.15) is 0 Å². The molecule has 1 heterocycles. The average Bonchev–Trinajstić information content (AvgIpc) is 2.68. The maximum Gasteiger partial charge on any atom is 0.416 e. The van der Waals surface area contributed by atoms with Gasteiger partial charge in [0.2, 0.25) is 5.95 Å². The number of nitrogens with zero attached hydrogens (tertiary/aromatic N) is 3. The van der Waals surface area contributed by atoms with Crippen LogP contribution >= 0.6 is 0 Å². The molecule has 5 nitrogen and oxygen atoms in total. The van der Waals surface area contributed by atoms with Gasteiger partial charge in [0.15, 0.2) is 5.82 Å². The van der Waals surface area contributed by atoms with Gasteiger partial charge in [-0.15, -0.1) is 0 Å². The Bertz CT molecular complexity index is 943. The second kappa shape index (κ2) is 8.24. The van der Waals surface area contributed by atoms with Gasteiger partial charge in [0.25, 0.3) is 0 Å². The highest BCUT2D eigenvalue weighted by atomic mass is 19.4. The minimum absolute atomic E-state index is 0.0987. The fourth-order valence-corrected chi connectivity index (χ4v) is 2.53. The van der Waals surface area contributed by atoms with Gasteiger partial charge in [-0.2, -0.15) is 28.1 Å². The zero-order valence-corrected chi connectivity index (χ0v) is 15.4. The van der Waals surface area contributed by atoms with Crippen molar-refractivity contribution in [2.75, 3.05) is 11.9 Å². The molecule has 0 aliphatic carbocycles. The van der Waals surface area contributed by atoms with E-state index >= 15 is 0 Å². The standard InChI is InChI=1S/C20H19F3N4O/c1-3-13-8-10-14(11-9-13)17-25-18(27-19(26-17)28-4-2)24-16-7-5-6-15(12-16)20(21,22)23/h5-12H,3-4H2,1-2H3,(H,24,25,26,27). The lowest BCUT2D eigenvalue weighted by Gasteiger charge is -2.11. The summed E-state index contributed by atoms with van der Waals surface area (Å²) in [5.74, 6) is 0.475. The molecule has 0 radical (unpaired) electrons. The summed E-state index contributed by atoms with van der Waals surface area (Å²) in [7, 11) is 0. The largest absolute Gasteiger partial charge is 0.464 e. The van der Waals surface area contributed by atoms with Crippen LogP contribution in [-0.2, 0) is 12.6 Å². The molecule has 0 bridgehead atoms. The number of alkyl halides is 3. The van der Waals surface area contributed by atoms with Gasteiger partial charge in [-0.25, -0.2) is 0 Å². The molecule has 28 heavy (non-hydrogen) atoms. The number of nitrogens with one attached hydrogen (secondary N) is 1. The van der Waals surface area contributed by atoms with Crippen LogP contribution in [0, 0.1) is 0 Å². The van der Waals surface area contributed by atoms with Crippen LogP contribution in [0.4, 0.5) is 24.8 Å². The zero-order valence-electron chi connectivity index (χ0n) is 15.4. The van der Waals surface area contributed by atoms with Gasteiger partial charge < -0.3 is 10.1 Å². The summed E-state index contributed by atoms with van der Waals surface area (Å²) in [6.07, 6.45) is -3.52. The molecule has 0 amide bonds. The Morgan fingerprint density at radius 1 is 0.964 bits per heavy atom. The highest BCUT2D eigenvalue weighted by Gasteiger charge is 2.30. The smallest absolute Gasteiger partial charge is 0.416 e. The monoisotopic (exact) mass is 388 g/mol. The number of ether oxygens (including phenoxy) is 1. The van der Waals surface area contributed by atoms with Crippen molar-refractivity contribution in [3.05, 3.63) is 59.7 Å². The van der Waals surface area contributed by atoms with Crippen molar-refractivity contribution < 1.29 is 17.9 Å². The van der Waals surface area contributed by atoms with Crippen LogP contribution in [-0.4, -0.2) is 21.6 Å². The number of anilines is 2. The lowest BCUT2D eigenvalue weighted by Crippen LogP contribution is -2.07. The Balaban J connectivity index is 1.95. The van der Waals surface area contributed by atoms with Crippen LogP contribution < -0.4 is 10.1 Å². The molecule has 2 aromatic carbocycles. The lowest BCUT2D eigenvalue weighted by atomic mass is 10.1. The zero-order chi connectivity index (χ0) is 20.1. The summed E-state index contributed by atoms with van der Waals surface area (Å²) in [6.45, 7) is 4.20. The number of aryl methyl sites for hydroxylation is 1. The molecule has 0 saturated heterocycles. The van der Waals surface area contributed by atoms with Crippen LogP contribution in [0.5, 0.6) is 6.01 Å². The van der Waals surface area contributed by atoms with Crippen molar-refractivity contribution in [1.82, 2.24) is 15.0 Å². The summed E-state index contributed by atoms with van der Waals surface area (Å²) < 4.78 is 44.2. The summed E-state index contributed by atoms with van der Waals surface area (Å²) in [5.41, 5.74) is 1.39. The minimum atomic E-state index is -4.43. The number of benzene rings is 2. The normalized spacial score (nSPS) is 11.3. The summed E-state index contributed by atoms with van der Waals surface area (Å²) >= 11 is 0. The number of halogens is 3. The van der Waals surface area contributed by atoms with Crippen LogP contribution in [0.25, 0.3) is 11.4 Å². The predicted molar refractivity (Wildman–Crippen MR) is 101 cm³/mol. The fourth-order valence-electron chi connectivity index (χ4n) is 2.53. The molecule has 3 rings (SSSR count). The van der Waals surface area contributed by atoms with Crippen molar-refractivity contribution >= 4 is 11.6 Å². The number of hydrogen-bond acceptors (Lipinski definition) is 5. The molecule has 0 atom stereocenters. The third-order valence-corrected chi connectivity index (χ3v) is 3.95. The summed E-state index contributed by atoms with van der Waals surface area (Å²) in [6, 6.07) is 12.6. The number of rotatable bonds is 6. The van der Waals surface area contributed by atoms with Crippen molar-refractivity contribution in [1.29, 1.82) is 0 Å². The van der Waals surface area contributed by atoms with E-state index in [0.29, 0.717) is 12.4 Å². The SMILES string of the molecule is CCOc1nc(Nc2cccc(C(F)(F)F)c2)nc(-c2ccc(CC)cc2)n1. The van der Waals surface area contributed by atoms with Crippen molar-refractivity contribution in [3.8, 4) is 17.4 Å². The van der Waals surface area contributed by atoms with E-state index in [0.717, 1.165) is 24.1 Å². The first-order chi connectivity index (χ1) is 13.4. The Morgan fingerprint density at radius 3 is 2.36 bits per heavy atom. The molecule has 146 valence electrons. The van der Waals surface area contributed by atoms with Crippen LogP contribution in [0.1, 0.15) is 25.0 Å². The molecule has 1 aromatic heterocycles. The van der Waals surface area contributed by atoms with E-state index in [2.05, 4.69) is 27.2 Å². The maximum atomic E-state index is 12.9. The number of hydrogen-bond donors (Lipinski definition) is 1. The van der Waals surface area contributed by atoms with E-state index < -0.39 is 11.7 Å². The molecule has 8 heteroatoms. The summed E-state index contributed by atoms with van der Waals surface area (Å²) in [5, 5.41) is 2.81. The molecule has 0 fully saturated rings. The average molecular weight is 388 g/mol. The van der Waals surface area contributed by atoms with E-state index in [-0.39, 0.29) is 17.6 Å². The molecule has 0 unspecified atom stereocenters. The van der Waals surface area contributed by atoms with Crippen LogP contribution in [0.15, 0.2) is 48.5 Å². The molecule has 0 saturated carbocycles. The third-order valence-electron chi connectivity index (χ3n) is 3.95. The third kappa shape index (κ3) is 4.76. The quantitative estimate of drug-likeness (QED) is 0.624. The van der Waals surface area contributed by atoms with Gasteiger partial charge >= 0.3 is 12.2 Å². The van der Waals surface area contributed by atoms with Crippen molar-refractivity contribution in [3.63, 3.8) is 0 Å². The van der Waals surface area contributed by atoms with E-state index in [1.54, 1.807) is 6.92 Å². The van der Waals surface area contributed by atoms with Crippen molar-refractivity contribution in [2.24, 2.45) is 0 Å². The van der Waals surface area contributed by atoms with Gasteiger partial charge in [0, 0.05) is 11.3 Å². The molecule has 1 N–H and O–H groups in total. The highest BCUT2D eigenvalue weighted by molar-refractivity contribution is 5.60. The fraction of sp³-hybridized carbons (Fsp3) is 0.250. The van der Waals surface area contributed by atoms with E-state index in [4.69, 9.17) is 4.74 Å². The van der Waals surface area contributed by atoms with E-state index in [1.165, 1.54) is 17.7 Å². The van der Waals surface area contributed by atoms with Gasteiger partial charge in [-0.3, -0.25) is 0 Å². The Hall–Kier alpha value is -3.16. The van der Waals surface area contributed by atoms with E-state index in [1.807, 2.05) is 24.3 Å². The Morgan fingerprint density at radius 2 is 1.71 bits per heavy atom. The predicted octanol–water partition coefficient (Wildman–Crippen LogP) is 5.26. The molecule has 0 aliphatic heterocycles. The topological polar surface area (TPSA) is 59.9 Å². The van der Waals surface area contributed by atoms with Crippen molar-refractivity contribution in [2.45, 2.75) is 26.4 Å². The van der Waals surface area contributed by atoms with Crippen LogP contribution in [0.2, 0.25) is 0 Å². The van der Waals surface area contributed by atoms with E-state index in [9.17, 15) is 13.2 Å². The number of aromatic nitrogens is 3. The molecular formula is C20H19F3N4O. The first kappa shape index (κ1) is 19.6. The minimum Gasteiger partial charge on any atom is -0.464 e. The highest BCUT2D eigenvalue weighted by Crippen LogP contribution is 2.31. The molecular weight excluding hydrogens is 369 g/mol. The molecule has 0 aliphatic rings. The Kier molecular flexibility index (Phi) is 5.77. The van der Waals surface area contributed by atoms with Gasteiger partial charge in [0.05, 0.1) is 12.2 Å². The Labute approximate surface area is 160 Å². The van der Waals surface area contributed by atoms with Gasteiger partial charge in [-0.05, 0) is 37.1 Å². The van der Waals surface area contributed by atoms with Gasteiger partial charge in [-0.1, -0.05) is 37.3 Å². The molecule has 3 aromatic rings. The van der Waals surface area contributed by atoms with Crippen LogP contribution in [0.3, 0.4) is 0 Å². The first-order valence-electron chi connectivity index (χ1n) is 8.81. The molecule has 0 spiro atoms. The second-order valence-electron chi connectivity index (χ2n) is 5.95. The second-order valence-corrected chi connectivity index (χ2v) is 5.95. The first-order valence-corrected chi connectivity index (χ1v) is 8.81. The summed E-state index contributed by atoms with van der Waals surface area (Å²) in [4.78, 5) is 12.7. The lowest BCUT2D eigenvalue weighted by molar-refractivity contribution is -0.137.